The Kier molecular flexibility index (Phi) is 4.36. The smallest absolute Gasteiger partial charge is 0.240 e. The Bertz CT molecular complexity index is 871. The normalized spacial score (nSPS) is 27.2. The molecule has 2 atom stereocenters. The molecule has 6 heteroatoms. The van der Waals surface area contributed by atoms with E-state index in [1.807, 2.05) is 30.3 Å². The minimum absolute atomic E-state index is 0.0992. The molecule has 142 valence electrons. The van der Waals surface area contributed by atoms with Gasteiger partial charge >= 0.3 is 0 Å². The highest BCUT2D eigenvalue weighted by atomic mass is 16.5. The molecule has 1 heterocycles. The third kappa shape index (κ3) is 3.07. The topological polar surface area (TPSA) is 80.4 Å². The van der Waals surface area contributed by atoms with Crippen molar-refractivity contribution >= 4 is 11.6 Å². The number of carbonyl (C=O) groups is 1. The molecule has 0 aliphatic heterocycles. The van der Waals surface area contributed by atoms with Crippen LogP contribution in [0.1, 0.15) is 52.3 Å². The Morgan fingerprint density at radius 1 is 1.30 bits per heavy atom. The average Bonchev–Trinajstić information content (AvgIpc) is 3.28. The van der Waals surface area contributed by atoms with Crippen molar-refractivity contribution in [3.8, 4) is 11.4 Å². The fourth-order valence-electron chi connectivity index (χ4n) is 4.56. The van der Waals surface area contributed by atoms with Crippen LogP contribution in [0, 0.1) is 16.7 Å². The van der Waals surface area contributed by atoms with Crippen LogP contribution in [0.5, 0.6) is 0 Å². The van der Waals surface area contributed by atoms with Crippen LogP contribution < -0.4 is 5.43 Å². The Morgan fingerprint density at radius 3 is 2.74 bits per heavy atom. The first-order valence-electron chi connectivity index (χ1n) is 9.64. The minimum atomic E-state index is -0.119. The molecule has 0 saturated heterocycles. The maximum Gasteiger partial charge on any atom is 0.240 e. The number of carbonyl (C=O) groups excluding carboxylic acids is 1. The number of benzene rings is 1. The molecule has 2 bridgehead atoms. The van der Waals surface area contributed by atoms with Gasteiger partial charge in [-0.25, -0.2) is 5.43 Å². The quantitative estimate of drug-likeness (QED) is 0.812. The minimum Gasteiger partial charge on any atom is -0.339 e. The predicted octanol–water partition coefficient (Wildman–Crippen LogP) is 3.99. The standard InChI is InChI=1S/C21H26N4O2/c1-20(2)15-11-12-21(20,3)16(13-15)23-24-17(26)9-10-18-22-19(25-27-18)14-7-5-4-6-8-14/h4-8,15H,9-13H2,1-3H3,(H,24,26)/b23-16+/t15-,21-/m0/s1. The van der Waals surface area contributed by atoms with E-state index in [1.54, 1.807) is 0 Å². The largest absolute Gasteiger partial charge is 0.339 e. The first-order valence-corrected chi connectivity index (χ1v) is 9.64. The first-order chi connectivity index (χ1) is 12.9. The van der Waals surface area contributed by atoms with Gasteiger partial charge in [0.15, 0.2) is 0 Å². The fourth-order valence-corrected chi connectivity index (χ4v) is 4.56. The third-order valence-electron chi connectivity index (χ3n) is 6.89. The van der Waals surface area contributed by atoms with Crippen molar-refractivity contribution in [2.75, 3.05) is 0 Å². The zero-order valence-electron chi connectivity index (χ0n) is 16.2. The van der Waals surface area contributed by atoms with Crippen molar-refractivity contribution in [2.45, 2.75) is 52.9 Å². The lowest BCUT2D eigenvalue weighted by molar-refractivity contribution is -0.121. The number of rotatable bonds is 5. The van der Waals surface area contributed by atoms with Gasteiger partial charge in [0, 0.05) is 29.5 Å². The van der Waals surface area contributed by atoms with Crippen molar-refractivity contribution in [3.63, 3.8) is 0 Å². The van der Waals surface area contributed by atoms with Crippen molar-refractivity contribution in [1.29, 1.82) is 0 Å². The van der Waals surface area contributed by atoms with E-state index in [9.17, 15) is 4.79 Å². The summed E-state index contributed by atoms with van der Waals surface area (Å²) in [6.45, 7) is 6.94. The highest BCUT2D eigenvalue weighted by Gasteiger charge is 2.59. The van der Waals surface area contributed by atoms with Gasteiger partial charge in [-0.15, -0.1) is 0 Å². The van der Waals surface area contributed by atoms with Gasteiger partial charge in [0.25, 0.3) is 0 Å². The molecule has 1 N–H and O–H groups in total. The zero-order valence-corrected chi connectivity index (χ0v) is 16.2. The fraction of sp³-hybridized carbons (Fsp3) is 0.524. The van der Waals surface area contributed by atoms with E-state index < -0.39 is 0 Å². The summed E-state index contributed by atoms with van der Waals surface area (Å²) >= 11 is 0. The third-order valence-corrected chi connectivity index (χ3v) is 6.89. The number of hydrogen-bond donors (Lipinski definition) is 1. The summed E-state index contributed by atoms with van der Waals surface area (Å²) in [6, 6.07) is 9.64. The van der Waals surface area contributed by atoms with Crippen LogP contribution in [0.3, 0.4) is 0 Å². The number of amides is 1. The van der Waals surface area contributed by atoms with E-state index in [4.69, 9.17) is 4.52 Å². The highest BCUT2D eigenvalue weighted by Crippen LogP contribution is 2.63. The molecular formula is C21H26N4O2. The van der Waals surface area contributed by atoms with Gasteiger partial charge in [0.05, 0.1) is 0 Å². The van der Waals surface area contributed by atoms with E-state index >= 15 is 0 Å². The number of nitrogens with zero attached hydrogens (tertiary/aromatic N) is 3. The van der Waals surface area contributed by atoms with Crippen LogP contribution >= 0.6 is 0 Å². The van der Waals surface area contributed by atoms with Gasteiger partial charge in [0.2, 0.25) is 17.6 Å². The summed E-state index contributed by atoms with van der Waals surface area (Å²) in [6.07, 6.45) is 4.09. The summed E-state index contributed by atoms with van der Waals surface area (Å²) in [4.78, 5) is 16.6. The van der Waals surface area contributed by atoms with Crippen molar-refractivity contribution in [1.82, 2.24) is 15.6 Å². The van der Waals surface area contributed by atoms with E-state index in [1.165, 1.54) is 6.42 Å². The Hall–Kier alpha value is -2.50. The number of hydrazone groups is 1. The lowest BCUT2D eigenvalue weighted by Crippen LogP contribution is -2.34. The second-order valence-electron chi connectivity index (χ2n) is 8.46. The second kappa shape index (κ2) is 6.59. The van der Waals surface area contributed by atoms with Gasteiger partial charge in [-0.05, 0) is 30.6 Å². The van der Waals surface area contributed by atoms with Crippen molar-refractivity contribution in [3.05, 3.63) is 36.2 Å². The van der Waals surface area contributed by atoms with Crippen LogP contribution in [0.2, 0.25) is 0 Å². The van der Waals surface area contributed by atoms with E-state index in [2.05, 4.69) is 41.4 Å². The average molecular weight is 366 g/mol. The van der Waals surface area contributed by atoms with Crippen molar-refractivity contribution < 1.29 is 9.32 Å². The molecule has 1 amide bonds. The molecule has 2 fully saturated rings. The van der Waals surface area contributed by atoms with Crippen LogP contribution in [0.25, 0.3) is 11.4 Å². The first kappa shape index (κ1) is 17.9. The Morgan fingerprint density at radius 2 is 2.07 bits per heavy atom. The summed E-state index contributed by atoms with van der Waals surface area (Å²) in [7, 11) is 0. The van der Waals surface area contributed by atoms with Gasteiger partial charge in [-0.1, -0.05) is 56.3 Å². The molecule has 27 heavy (non-hydrogen) atoms. The molecule has 0 radical (unpaired) electrons. The van der Waals surface area contributed by atoms with Gasteiger partial charge in [-0.2, -0.15) is 10.1 Å². The molecule has 0 spiro atoms. The molecule has 6 nitrogen and oxygen atoms in total. The SMILES string of the molecule is CC1(C)[C@H]2CC[C@@]1(C)/C(=N/NC(=O)CCc1nc(-c3ccccc3)no1)C2. The van der Waals surface area contributed by atoms with Gasteiger partial charge < -0.3 is 4.52 Å². The second-order valence-corrected chi connectivity index (χ2v) is 8.46. The molecule has 1 aromatic heterocycles. The molecule has 2 aliphatic rings. The van der Waals surface area contributed by atoms with Crippen LogP contribution in [0.15, 0.2) is 40.0 Å². The van der Waals surface area contributed by atoms with Crippen LogP contribution in [-0.4, -0.2) is 21.8 Å². The van der Waals surface area contributed by atoms with Crippen LogP contribution in [-0.2, 0) is 11.2 Å². The summed E-state index contributed by atoms with van der Waals surface area (Å²) < 4.78 is 5.25. The predicted molar refractivity (Wildman–Crippen MR) is 103 cm³/mol. The van der Waals surface area contributed by atoms with Gasteiger partial charge in [0.1, 0.15) is 0 Å². The number of nitrogens with one attached hydrogen (secondary N) is 1. The number of fused-ring (bicyclic) bond motifs is 2. The maximum atomic E-state index is 12.2. The number of aromatic nitrogens is 2. The number of hydrogen-bond acceptors (Lipinski definition) is 5. The molecule has 1 aromatic carbocycles. The monoisotopic (exact) mass is 366 g/mol. The van der Waals surface area contributed by atoms with E-state index in [-0.39, 0.29) is 23.2 Å². The maximum absolute atomic E-state index is 12.2. The van der Waals surface area contributed by atoms with E-state index in [0.29, 0.717) is 24.1 Å². The molecule has 4 rings (SSSR count). The molecule has 2 aliphatic carbocycles. The number of aryl methyl sites for hydroxylation is 1. The molecule has 0 unspecified atom stereocenters. The Labute approximate surface area is 159 Å². The lowest BCUT2D eigenvalue weighted by Gasteiger charge is -2.34. The lowest BCUT2D eigenvalue weighted by atomic mass is 9.70. The molecule has 2 aromatic rings. The molecular weight excluding hydrogens is 340 g/mol. The summed E-state index contributed by atoms with van der Waals surface area (Å²) in [5, 5.41) is 8.47. The Balaban J connectivity index is 1.33. The molecule has 2 saturated carbocycles. The highest BCUT2D eigenvalue weighted by molar-refractivity contribution is 5.95. The summed E-state index contributed by atoms with van der Waals surface area (Å²) in [5.41, 5.74) is 5.14. The zero-order chi connectivity index (χ0) is 19.1. The summed E-state index contributed by atoms with van der Waals surface area (Å²) in [5.74, 6) is 1.56. The van der Waals surface area contributed by atoms with Crippen molar-refractivity contribution in [2.24, 2.45) is 21.8 Å². The van der Waals surface area contributed by atoms with E-state index in [0.717, 1.165) is 24.1 Å². The van der Waals surface area contributed by atoms with Crippen LogP contribution in [0.4, 0.5) is 0 Å². The van der Waals surface area contributed by atoms with Gasteiger partial charge in [-0.3, -0.25) is 4.79 Å².